The molecule has 0 aliphatic rings. The number of pyridine rings is 3. The van der Waals surface area contributed by atoms with Gasteiger partial charge in [0.05, 0.1) is 35.3 Å². The summed E-state index contributed by atoms with van der Waals surface area (Å²) in [7, 11) is 7.67. The first-order valence-electron chi connectivity index (χ1n) is 14.2. The number of halogens is 1. The minimum Gasteiger partial charge on any atom is -0.384 e. The quantitative estimate of drug-likeness (QED) is 0.178. The number of aromatic amines is 2. The van der Waals surface area contributed by atoms with Crippen LogP contribution in [0.15, 0.2) is 67.1 Å². The number of nitrogens with one attached hydrogen (secondary N) is 4. The maximum atomic E-state index is 14.7. The molecule has 0 saturated heterocycles. The van der Waals surface area contributed by atoms with Gasteiger partial charge in [-0.05, 0) is 87.8 Å². The van der Waals surface area contributed by atoms with Crippen molar-refractivity contribution in [2.24, 2.45) is 0 Å². The Kier molecular flexibility index (Phi) is 8.01. The molecule has 0 aliphatic heterocycles. The number of fused-ring (bicyclic) bond motifs is 2. The molecule has 5 heterocycles. The van der Waals surface area contributed by atoms with E-state index in [1.807, 2.05) is 64.6 Å². The summed E-state index contributed by atoms with van der Waals surface area (Å²) in [5, 5.41) is 14.6. The van der Waals surface area contributed by atoms with Gasteiger partial charge in [0, 0.05) is 42.1 Å². The summed E-state index contributed by atoms with van der Waals surface area (Å²) < 4.78 is 14.7. The van der Waals surface area contributed by atoms with Crippen molar-refractivity contribution in [2.75, 3.05) is 58.5 Å². The zero-order valence-corrected chi connectivity index (χ0v) is 24.9. The Morgan fingerprint density at radius 1 is 0.955 bits per heavy atom. The second kappa shape index (κ2) is 12.2. The fourth-order valence-corrected chi connectivity index (χ4v) is 5.06. The van der Waals surface area contributed by atoms with E-state index < -0.39 is 0 Å². The largest absolute Gasteiger partial charge is 0.384 e. The molecule has 224 valence electrons. The molecule has 0 bridgehead atoms. The van der Waals surface area contributed by atoms with Gasteiger partial charge in [-0.15, -0.1) is 0 Å². The van der Waals surface area contributed by atoms with E-state index in [9.17, 15) is 9.18 Å². The number of anilines is 2. The van der Waals surface area contributed by atoms with Crippen LogP contribution in [0, 0.1) is 5.82 Å². The summed E-state index contributed by atoms with van der Waals surface area (Å²) >= 11 is 0. The molecule has 0 unspecified atom stereocenters. The lowest BCUT2D eigenvalue weighted by molar-refractivity contribution is -0.116. The van der Waals surface area contributed by atoms with Crippen LogP contribution in [-0.4, -0.2) is 93.7 Å². The van der Waals surface area contributed by atoms with Crippen molar-refractivity contribution >= 4 is 39.3 Å². The van der Waals surface area contributed by atoms with E-state index in [-0.39, 0.29) is 18.3 Å². The average Bonchev–Trinajstić information content (AvgIpc) is 3.60. The van der Waals surface area contributed by atoms with Gasteiger partial charge in [-0.25, -0.2) is 14.4 Å². The Labute approximate surface area is 253 Å². The van der Waals surface area contributed by atoms with Gasteiger partial charge in [-0.1, -0.05) is 0 Å². The molecule has 11 nitrogen and oxygen atoms in total. The molecule has 12 heteroatoms. The summed E-state index contributed by atoms with van der Waals surface area (Å²) in [5.41, 5.74) is 7.75. The Hall–Kier alpha value is -5.20. The summed E-state index contributed by atoms with van der Waals surface area (Å²) in [6, 6.07) is 14.5. The van der Waals surface area contributed by atoms with Crippen LogP contribution in [0.4, 0.5) is 15.8 Å². The number of aromatic nitrogens is 6. The van der Waals surface area contributed by atoms with Crippen molar-refractivity contribution in [1.29, 1.82) is 0 Å². The van der Waals surface area contributed by atoms with Crippen molar-refractivity contribution in [1.82, 2.24) is 39.9 Å². The third-order valence-electron chi connectivity index (χ3n) is 7.07. The van der Waals surface area contributed by atoms with Gasteiger partial charge in [0.15, 0.2) is 0 Å². The summed E-state index contributed by atoms with van der Waals surface area (Å²) in [6.45, 7) is 1.79. The molecule has 4 N–H and O–H groups in total. The fourth-order valence-electron chi connectivity index (χ4n) is 5.06. The van der Waals surface area contributed by atoms with Crippen molar-refractivity contribution in [3.63, 3.8) is 0 Å². The molecule has 0 fully saturated rings. The highest BCUT2D eigenvalue weighted by Gasteiger charge is 2.17. The van der Waals surface area contributed by atoms with Crippen LogP contribution in [-0.2, 0) is 4.79 Å². The van der Waals surface area contributed by atoms with E-state index in [1.54, 1.807) is 23.5 Å². The van der Waals surface area contributed by atoms with Gasteiger partial charge in [0.25, 0.3) is 0 Å². The Morgan fingerprint density at radius 3 is 2.61 bits per heavy atom. The number of hydrogen-bond acceptors (Lipinski definition) is 8. The molecular weight excluding hydrogens is 559 g/mol. The topological polar surface area (TPSA) is 131 Å². The summed E-state index contributed by atoms with van der Waals surface area (Å²) in [5.74, 6) is -0.447. The molecule has 6 rings (SSSR count). The number of amides is 1. The van der Waals surface area contributed by atoms with Gasteiger partial charge in [-0.3, -0.25) is 14.9 Å². The van der Waals surface area contributed by atoms with Crippen LogP contribution in [0.2, 0.25) is 0 Å². The van der Waals surface area contributed by atoms with Crippen molar-refractivity contribution in [3.05, 3.63) is 72.9 Å². The first kappa shape index (κ1) is 28.9. The molecular formula is C32H33FN10O. The van der Waals surface area contributed by atoms with Gasteiger partial charge in [0.2, 0.25) is 5.91 Å². The normalized spacial score (nSPS) is 11.6. The Balaban J connectivity index is 1.33. The second-order valence-electron chi connectivity index (χ2n) is 11.2. The number of hydrogen-bond donors (Lipinski definition) is 4. The van der Waals surface area contributed by atoms with E-state index in [0.29, 0.717) is 40.5 Å². The van der Waals surface area contributed by atoms with Gasteiger partial charge in [0.1, 0.15) is 22.7 Å². The number of nitrogens with zero attached hydrogens (tertiary/aromatic N) is 6. The van der Waals surface area contributed by atoms with Crippen molar-refractivity contribution in [3.8, 4) is 33.8 Å². The predicted octanol–water partition coefficient (Wildman–Crippen LogP) is 4.84. The molecule has 5 aromatic heterocycles. The lowest BCUT2D eigenvalue weighted by atomic mass is 10.0. The standard InChI is InChI=1S/C32H33FN10O/c1-42(2)10-9-35-22-12-19(11-21(33)14-22)24-7-8-36-32-25(24)15-28(39-32)31-30-27(40-41-31)6-5-26(38-30)20-13-23(17-34-16-20)37-29(44)18-43(3)4/h5-8,11-17,35H,9-10,18H2,1-4H3,(H,36,39)(H,37,44)(H,40,41). The first-order chi connectivity index (χ1) is 21.2. The number of H-pyrrole nitrogens is 2. The van der Waals surface area contributed by atoms with Crippen molar-refractivity contribution < 1.29 is 9.18 Å². The van der Waals surface area contributed by atoms with Crippen LogP contribution < -0.4 is 10.6 Å². The zero-order chi connectivity index (χ0) is 30.8. The van der Waals surface area contributed by atoms with Gasteiger partial charge in [-0.2, -0.15) is 5.10 Å². The van der Waals surface area contributed by atoms with Crippen molar-refractivity contribution in [2.45, 2.75) is 0 Å². The molecule has 1 aromatic carbocycles. The van der Waals surface area contributed by atoms with E-state index in [1.165, 1.54) is 12.1 Å². The van der Waals surface area contributed by atoms with E-state index >= 15 is 0 Å². The average molecular weight is 593 g/mol. The van der Waals surface area contributed by atoms with Crippen LogP contribution >= 0.6 is 0 Å². The van der Waals surface area contributed by atoms with E-state index in [0.717, 1.165) is 39.8 Å². The Bertz CT molecular complexity index is 1960. The minimum atomic E-state index is -0.318. The number of likely N-dealkylation sites (N-methyl/N-ethyl adjacent to an activating group) is 2. The molecule has 44 heavy (non-hydrogen) atoms. The smallest absolute Gasteiger partial charge is 0.238 e. The third kappa shape index (κ3) is 6.26. The predicted molar refractivity (Wildman–Crippen MR) is 172 cm³/mol. The van der Waals surface area contributed by atoms with Crippen LogP contribution in [0.5, 0.6) is 0 Å². The molecule has 6 aromatic rings. The fraction of sp³-hybridized carbons (Fsp3) is 0.219. The van der Waals surface area contributed by atoms with Gasteiger partial charge < -0.3 is 25.4 Å². The summed E-state index contributed by atoms with van der Waals surface area (Å²) in [4.78, 5) is 33.2. The number of carbonyl (C=O) groups is 1. The minimum absolute atomic E-state index is 0.128. The van der Waals surface area contributed by atoms with Gasteiger partial charge >= 0.3 is 0 Å². The third-order valence-corrected chi connectivity index (χ3v) is 7.07. The molecule has 0 spiro atoms. The molecule has 0 radical (unpaired) electrons. The van der Waals surface area contributed by atoms with Crippen LogP contribution in [0.25, 0.3) is 55.8 Å². The highest BCUT2D eigenvalue weighted by molar-refractivity contribution is 5.99. The molecule has 0 aliphatic carbocycles. The number of benzene rings is 1. The highest BCUT2D eigenvalue weighted by atomic mass is 19.1. The molecule has 0 saturated carbocycles. The van der Waals surface area contributed by atoms with Crippen LogP contribution in [0.1, 0.15) is 0 Å². The molecule has 0 atom stereocenters. The highest BCUT2D eigenvalue weighted by Crippen LogP contribution is 2.34. The Morgan fingerprint density at radius 2 is 1.80 bits per heavy atom. The lowest BCUT2D eigenvalue weighted by Gasteiger charge is -2.13. The monoisotopic (exact) mass is 592 g/mol. The lowest BCUT2D eigenvalue weighted by Crippen LogP contribution is -2.27. The van der Waals surface area contributed by atoms with E-state index in [4.69, 9.17) is 4.98 Å². The number of rotatable bonds is 10. The second-order valence-corrected chi connectivity index (χ2v) is 11.2. The number of carbonyl (C=O) groups excluding carboxylic acids is 1. The zero-order valence-electron chi connectivity index (χ0n) is 24.9. The summed E-state index contributed by atoms with van der Waals surface area (Å²) in [6.07, 6.45) is 5.02. The maximum Gasteiger partial charge on any atom is 0.238 e. The maximum absolute atomic E-state index is 14.7. The van der Waals surface area contributed by atoms with Crippen LogP contribution in [0.3, 0.4) is 0 Å². The SMILES string of the molecule is CN(C)CCNc1cc(F)cc(-c2ccnc3[nH]c(-c4n[nH]c5ccc(-c6cncc(NC(=O)CN(C)C)c6)nc45)cc23)c1. The van der Waals surface area contributed by atoms with E-state index in [2.05, 4.69) is 40.7 Å². The molecule has 1 amide bonds. The first-order valence-corrected chi connectivity index (χ1v) is 14.2.